The maximum atomic E-state index is 14.0. The fourth-order valence-electron chi connectivity index (χ4n) is 3.92. The second kappa shape index (κ2) is 12.1. The number of benzene rings is 2. The van der Waals surface area contributed by atoms with Gasteiger partial charge >= 0.3 is 5.97 Å². The Labute approximate surface area is 210 Å². The number of allylic oxidation sites excluding steroid dienone is 2. The van der Waals surface area contributed by atoms with Gasteiger partial charge in [0.25, 0.3) is 0 Å². The van der Waals surface area contributed by atoms with E-state index in [0.29, 0.717) is 12.0 Å². The van der Waals surface area contributed by atoms with Gasteiger partial charge in [0.15, 0.2) is 5.92 Å². The number of carbonyl (C=O) groups is 2. The van der Waals surface area contributed by atoms with Crippen molar-refractivity contribution in [3.8, 4) is 0 Å². The van der Waals surface area contributed by atoms with E-state index in [1.54, 1.807) is 29.4 Å². The zero-order chi connectivity index (χ0) is 24.5. The Morgan fingerprint density at radius 1 is 0.971 bits per heavy atom. The number of hydrogen-bond donors (Lipinski definition) is 2. The van der Waals surface area contributed by atoms with Gasteiger partial charge in [0, 0.05) is 19.2 Å². The molecule has 2 aromatic carbocycles. The first-order valence-electron chi connectivity index (χ1n) is 11.5. The zero-order valence-electron chi connectivity index (χ0n) is 19.2. The minimum atomic E-state index is -1.09. The molecule has 0 saturated heterocycles. The number of nitrogens with one attached hydrogen (secondary N) is 2. The van der Waals surface area contributed by atoms with E-state index >= 15 is 0 Å². The smallest absolute Gasteiger partial charge is 0.323 e. The van der Waals surface area contributed by atoms with Crippen molar-refractivity contribution in [3.05, 3.63) is 120 Å². The maximum Gasteiger partial charge on any atom is 0.323 e. The third-order valence-electron chi connectivity index (χ3n) is 5.74. The quantitative estimate of drug-likeness (QED) is 0.241. The number of halogens is 1. The van der Waals surface area contributed by atoms with E-state index in [1.807, 2.05) is 78.9 Å². The third kappa shape index (κ3) is 6.64. The Morgan fingerprint density at radius 3 is 2.37 bits per heavy atom. The second-order valence-electron chi connectivity index (χ2n) is 8.22. The van der Waals surface area contributed by atoms with Gasteiger partial charge in [-0.3, -0.25) is 9.59 Å². The number of ether oxygens (including phenoxy) is 1. The highest BCUT2D eigenvalue weighted by atomic mass is 35.5. The minimum Gasteiger partial charge on any atom is -0.464 e. The Hall–Kier alpha value is -3.77. The molecule has 0 radical (unpaired) electrons. The number of nitrogens with zero attached hydrogens (tertiary/aromatic N) is 1. The summed E-state index contributed by atoms with van der Waals surface area (Å²) in [6.07, 6.45) is 13.0. The van der Waals surface area contributed by atoms with Crippen LogP contribution in [-0.4, -0.2) is 41.6 Å². The lowest BCUT2D eigenvalue weighted by molar-refractivity contribution is -0.152. The molecule has 0 spiro atoms. The Bertz CT molecular complexity index is 1130. The molecule has 2 aromatic rings. The largest absolute Gasteiger partial charge is 0.464 e. The summed E-state index contributed by atoms with van der Waals surface area (Å²) in [6.45, 7) is 0.473. The van der Waals surface area contributed by atoms with Crippen molar-refractivity contribution in [3.63, 3.8) is 0 Å². The molecule has 0 bridgehead atoms. The number of esters is 1. The van der Waals surface area contributed by atoms with Crippen molar-refractivity contribution in [1.82, 2.24) is 15.5 Å². The van der Waals surface area contributed by atoms with E-state index in [-0.39, 0.29) is 24.6 Å². The average molecular weight is 490 g/mol. The molecular formula is C28H28ClN3O3. The first kappa shape index (κ1) is 24.4. The molecule has 2 N–H and O–H groups in total. The fourth-order valence-corrected chi connectivity index (χ4v) is 4.06. The topological polar surface area (TPSA) is 70.7 Å². The van der Waals surface area contributed by atoms with Crippen LogP contribution in [-0.2, 0) is 20.7 Å². The van der Waals surface area contributed by atoms with E-state index < -0.39 is 18.1 Å². The number of hydrogen-bond acceptors (Lipinski definition) is 5. The summed E-state index contributed by atoms with van der Waals surface area (Å²) in [5, 5.41) is 6.24. The standard InChI is InChI=1S/C28H28ClN3O3/c29-24-15-14-22(19-31-24)20-32(25-13-7-8-17-30-25)27(33)26(23-11-5-2-6-12-23)28(34)35-18-16-21-9-3-1-4-10-21/h1-15,17,19,24-26,30-31H,16,18,20H2. The molecular weight excluding hydrogens is 462 g/mol. The maximum absolute atomic E-state index is 14.0. The minimum absolute atomic E-state index is 0.193. The predicted octanol–water partition coefficient (Wildman–Crippen LogP) is 3.99. The van der Waals surface area contributed by atoms with Crippen LogP contribution in [0.5, 0.6) is 0 Å². The number of carbonyl (C=O) groups excluding carboxylic acids is 2. The van der Waals surface area contributed by atoms with Crippen LogP contribution < -0.4 is 10.6 Å². The van der Waals surface area contributed by atoms with Gasteiger partial charge in [0.05, 0.1) is 6.61 Å². The van der Waals surface area contributed by atoms with E-state index in [0.717, 1.165) is 11.1 Å². The molecule has 0 aliphatic carbocycles. The van der Waals surface area contributed by atoms with Gasteiger partial charge in [-0.05, 0) is 41.1 Å². The van der Waals surface area contributed by atoms with Crippen LogP contribution in [0.4, 0.5) is 0 Å². The summed E-state index contributed by atoms with van der Waals surface area (Å²) in [5.74, 6) is -2.00. The van der Waals surface area contributed by atoms with Gasteiger partial charge in [-0.15, -0.1) is 0 Å². The first-order valence-corrected chi connectivity index (χ1v) is 12.0. The van der Waals surface area contributed by atoms with Crippen LogP contribution in [0.2, 0.25) is 0 Å². The summed E-state index contributed by atoms with van der Waals surface area (Å²) in [7, 11) is 0. The molecule has 0 aromatic heterocycles. The lowest BCUT2D eigenvalue weighted by Crippen LogP contribution is -2.50. The molecule has 3 unspecified atom stereocenters. The highest BCUT2D eigenvalue weighted by molar-refractivity contribution is 6.21. The normalized spacial score (nSPS) is 19.2. The van der Waals surface area contributed by atoms with Crippen molar-refractivity contribution >= 4 is 23.5 Å². The number of rotatable bonds is 9. The summed E-state index contributed by atoms with van der Waals surface area (Å²) in [5.41, 5.74) is 2.23. The third-order valence-corrected chi connectivity index (χ3v) is 6.01. The van der Waals surface area contributed by atoms with Gasteiger partial charge in [-0.2, -0.15) is 0 Å². The van der Waals surface area contributed by atoms with Crippen LogP contribution in [0, 0.1) is 0 Å². The summed E-state index contributed by atoms with van der Waals surface area (Å²) in [4.78, 5) is 28.9. The van der Waals surface area contributed by atoms with E-state index in [2.05, 4.69) is 10.6 Å². The van der Waals surface area contributed by atoms with E-state index in [1.165, 1.54) is 0 Å². The molecule has 7 heteroatoms. The summed E-state index contributed by atoms with van der Waals surface area (Å²) < 4.78 is 5.63. The number of amides is 1. The fraction of sp³-hybridized carbons (Fsp3) is 0.214. The van der Waals surface area contributed by atoms with Crippen LogP contribution in [0.1, 0.15) is 17.0 Å². The lowest BCUT2D eigenvalue weighted by Gasteiger charge is -2.34. The first-order chi connectivity index (χ1) is 17.1. The van der Waals surface area contributed by atoms with Crippen LogP contribution in [0.25, 0.3) is 0 Å². The van der Waals surface area contributed by atoms with E-state index in [9.17, 15) is 9.59 Å². The zero-order valence-corrected chi connectivity index (χ0v) is 20.0. The van der Waals surface area contributed by atoms with Crippen LogP contribution >= 0.6 is 11.6 Å². The molecule has 35 heavy (non-hydrogen) atoms. The highest BCUT2D eigenvalue weighted by Crippen LogP contribution is 2.24. The van der Waals surface area contributed by atoms with Crippen molar-refractivity contribution in [2.75, 3.05) is 13.2 Å². The molecule has 6 nitrogen and oxygen atoms in total. The van der Waals surface area contributed by atoms with Crippen LogP contribution in [0.15, 0.2) is 109 Å². The molecule has 2 aliphatic heterocycles. The second-order valence-corrected chi connectivity index (χ2v) is 8.69. The monoisotopic (exact) mass is 489 g/mol. The SMILES string of the molecule is O=C(OCCc1ccccc1)C(C(=O)N(CC1=CNC(Cl)C=C1)C1C=CC=CN1)c1ccccc1. The molecule has 0 fully saturated rings. The molecule has 3 atom stereocenters. The molecule has 2 aliphatic rings. The molecule has 1 amide bonds. The van der Waals surface area contributed by atoms with Crippen molar-refractivity contribution in [2.24, 2.45) is 0 Å². The van der Waals surface area contributed by atoms with Crippen molar-refractivity contribution in [2.45, 2.75) is 24.0 Å². The van der Waals surface area contributed by atoms with Gasteiger partial charge in [0.2, 0.25) is 5.91 Å². The Kier molecular flexibility index (Phi) is 8.41. The molecule has 4 rings (SSSR count). The summed E-state index contributed by atoms with van der Waals surface area (Å²) >= 11 is 6.08. The number of dihydropyridines is 2. The van der Waals surface area contributed by atoms with Crippen molar-refractivity contribution in [1.29, 1.82) is 0 Å². The van der Waals surface area contributed by atoms with Crippen LogP contribution in [0.3, 0.4) is 0 Å². The predicted molar refractivity (Wildman–Crippen MR) is 137 cm³/mol. The molecule has 2 heterocycles. The Balaban J connectivity index is 1.56. The molecule has 0 saturated carbocycles. The Morgan fingerprint density at radius 2 is 1.71 bits per heavy atom. The summed E-state index contributed by atoms with van der Waals surface area (Å²) in [6, 6.07) is 18.8. The van der Waals surface area contributed by atoms with Gasteiger partial charge < -0.3 is 20.3 Å². The van der Waals surface area contributed by atoms with Gasteiger partial charge in [-0.25, -0.2) is 0 Å². The highest BCUT2D eigenvalue weighted by Gasteiger charge is 2.36. The van der Waals surface area contributed by atoms with Gasteiger partial charge in [0.1, 0.15) is 11.7 Å². The van der Waals surface area contributed by atoms with Crippen molar-refractivity contribution < 1.29 is 14.3 Å². The van der Waals surface area contributed by atoms with E-state index in [4.69, 9.17) is 16.3 Å². The average Bonchev–Trinajstić information content (AvgIpc) is 2.90. The van der Waals surface area contributed by atoms with Gasteiger partial charge in [-0.1, -0.05) is 84.4 Å². The lowest BCUT2D eigenvalue weighted by atomic mass is 9.96. The molecule has 180 valence electrons. The number of alkyl halides is 1.